The van der Waals surface area contributed by atoms with Gasteiger partial charge in [-0.15, -0.1) is 0 Å². The molecule has 0 amide bonds. The molecular formula is C23H27N7O5. The number of carbonyl (C=O) groups is 1. The summed E-state index contributed by atoms with van der Waals surface area (Å²) >= 11 is 0. The van der Waals surface area contributed by atoms with Crippen LogP contribution in [0.2, 0.25) is 0 Å². The van der Waals surface area contributed by atoms with Crippen molar-refractivity contribution < 1.29 is 23.7 Å². The van der Waals surface area contributed by atoms with E-state index in [1.165, 1.54) is 6.20 Å². The highest BCUT2D eigenvalue weighted by Gasteiger charge is 2.19. The lowest BCUT2D eigenvalue weighted by molar-refractivity contribution is -0.143. The van der Waals surface area contributed by atoms with Crippen molar-refractivity contribution in [3.8, 4) is 17.6 Å². The van der Waals surface area contributed by atoms with Crippen LogP contribution in [0, 0.1) is 11.3 Å². The molecule has 0 atom stereocenters. The van der Waals surface area contributed by atoms with Crippen LogP contribution in [0.4, 0.5) is 5.82 Å². The molecule has 3 aromatic rings. The fourth-order valence-electron chi connectivity index (χ4n) is 3.52. The maximum absolute atomic E-state index is 11.0. The Hall–Kier alpha value is -3.79. The van der Waals surface area contributed by atoms with Gasteiger partial charge >= 0.3 is 5.97 Å². The molecule has 3 aromatic heterocycles. The summed E-state index contributed by atoms with van der Waals surface area (Å²) in [6.45, 7) is 2.19. The summed E-state index contributed by atoms with van der Waals surface area (Å²) in [6, 6.07) is 7.54. The van der Waals surface area contributed by atoms with Crippen LogP contribution in [0.1, 0.15) is 18.4 Å². The topological polar surface area (TPSA) is 159 Å². The first-order chi connectivity index (χ1) is 17.2. The highest BCUT2D eigenvalue weighted by molar-refractivity contribution is 5.78. The maximum atomic E-state index is 11.0. The number of rotatable bonds is 11. The first-order valence-corrected chi connectivity index (χ1v) is 11.3. The van der Waals surface area contributed by atoms with Gasteiger partial charge in [0.05, 0.1) is 25.3 Å². The molecule has 0 spiro atoms. The fraction of sp³-hybridized carbons (Fsp3) is 0.435. The predicted octanol–water partition coefficient (Wildman–Crippen LogP) is 1.18. The van der Waals surface area contributed by atoms with Crippen molar-refractivity contribution >= 4 is 23.0 Å². The molecule has 0 radical (unpaired) electrons. The number of esters is 1. The Balaban J connectivity index is 1.48. The van der Waals surface area contributed by atoms with Crippen LogP contribution in [0.3, 0.4) is 0 Å². The number of nitriles is 1. The van der Waals surface area contributed by atoms with E-state index >= 15 is 0 Å². The molecule has 4 heterocycles. The number of anilines is 1. The second kappa shape index (κ2) is 12.1. The number of hydrogen-bond donors (Lipinski definition) is 2. The third kappa shape index (κ3) is 6.42. The van der Waals surface area contributed by atoms with E-state index < -0.39 is 5.97 Å². The quantitative estimate of drug-likeness (QED) is 0.299. The average Bonchev–Trinajstić information content (AvgIpc) is 3.31. The Morgan fingerprint density at radius 3 is 2.80 bits per heavy atom. The summed E-state index contributed by atoms with van der Waals surface area (Å²) in [5.74, 6) is 1.29. The molecule has 1 fully saturated rings. The molecule has 0 aliphatic carbocycles. The molecule has 1 aliphatic rings. The minimum atomic E-state index is -0.469. The monoisotopic (exact) mass is 481 g/mol. The van der Waals surface area contributed by atoms with Crippen molar-refractivity contribution in [3.05, 3.63) is 36.3 Å². The first kappa shape index (κ1) is 24.3. The third-order valence-electron chi connectivity index (χ3n) is 5.32. The Labute approximate surface area is 202 Å². The van der Waals surface area contributed by atoms with Gasteiger partial charge in [-0.2, -0.15) is 5.26 Å². The number of nitrogens with zero attached hydrogens (tertiary/aromatic N) is 5. The van der Waals surface area contributed by atoms with Gasteiger partial charge in [0.15, 0.2) is 17.2 Å². The van der Waals surface area contributed by atoms with Gasteiger partial charge in [0.2, 0.25) is 0 Å². The highest BCUT2D eigenvalue weighted by atomic mass is 16.6. The lowest BCUT2D eigenvalue weighted by atomic mass is 10.1. The van der Waals surface area contributed by atoms with Gasteiger partial charge < -0.3 is 30.0 Å². The van der Waals surface area contributed by atoms with Gasteiger partial charge in [0, 0.05) is 31.5 Å². The number of carbonyl (C=O) groups excluding carboxylic acids is 1. The zero-order valence-electron chi connectivity index (χ0n) is 19.2. The van der Waals surface area contributed by atoms with E-state index in [0.717, 1.165) is 12.8 Å². The molecule has 0 bridgehead atoms. The smallest absolute Gasteiger partial charge is 0.319 e. The summed E-state index contributed by atoms with van der Waals surface area (Å²) in [7, 11) is 0. The summed E-state index contributed by atoms with van der Waals surface area (Å²) in [5, 5.41) is 12.5. The number of nitrogens with one attached hydrogen (secondary N) is 1. The van der Waals surface area contributed by atoms with E-state index in [2.05, 4.69) is 21.4 Å². The number of aromatic nitrogens is 4. The molecule has 0 saturated carbocycles. The predicted molar refractivity (Wildman–Crippen MR) is 125 cm³/mol. The van der Waals surface area contributed by atoms with E-state index in [0.29, 0.717) is 53.9 Å². The van der Waals surface area contributed by atoms with E-state index in [9.17, 15) is 4.79 Å². The molecule has 12 heteroatoms. The SMILES string of the molecule is N#Cc1ccc(-n2cnc3cc(OCCOCCOC(=O)CN)c(NC4CCOCC4)nc32)nc1. The summed E-state index contributed by atoms with van der Waals surface area (Å²) < 4.78 is 23.5. The molecule has 4 rings (SSSR count). The van der Waals surface area contributed by atoms with Gasteiger partial charge in [-0.1, -0.05) is 0 Å². The maximum Gasteiger partial charge on any atom is 0.319 e. The Kier molecular flexibility index (Phi) is 8.39. The van der Waals surface area contributed by atoms with E-state index in [-0.39, 0.29) is 32.4 Å². The number of imidazole rings is 1. The minimum Gasteiger partial charge on any atom is -0.487 e. The van der Waals surface area contributed by atoms with Gasteiger partial charge in [-0.3, -0.25) is 9.36 Å². The lowest BCUT2D eigenvalue weighted by Crippen LogP contribution is -2.28. The molecule has 1 aliphatic heterocycles. The van der Waals surface area contributed by atoms with Crippen molar-refractivity contribution in [2.75, 3.05) is 51.5 Å². The summed E-state index contributed by atoms with van der Waals surface area (Å²) in [4.78, 5) is 24.7. The zero-order chi connectivity index (χ0) is 24.5. The third-order valence-corrected chi connectivity index (χ3v) is 5.32. The van der Waals surface area contributed by atoms with Crippen LogP contribution in [0.5, 0.6) is 5.75 Å². The number of nitrogens with two attached hydrogens (primary N) is 1. The Morgan fingerprint density at radius 2 is 2.06 bits per heavy atom. The molecule has 0 unspecified atom stereocenters. The minimum absolute atomic E-state index is 0.140. The van der Waals surface area contributed by atoms with Crippen molar-refractivity contribution in [1.29, 1.82) is 5.26 Å². The van der Waals surface area contributed by atoms with E-state index in [1.807, 2.05) is 6.07 Å². The normalized spacial score (nSPS) is 13.9. The molecule has 35 heavy (non-hydrogen) atoms. The molecule has 0 aromatic carbocycles. The lowest BCUT2D eigenvalue weighted by Gasteiger charge is -2.24. The van der Waals surface area contributed by atoms with Crippen molar-refractivity contribution in [3.63, 3.8) is 0 Å². The van der Waals surface area contributed by atoms with Gasteiger partial charge in [-0.05, 0) is 25.0 Å². The van der Waals surface area contributed by atoms with Crippen LogP contribution >= 0.6 is 0 Å². The zero-order valence-corrected chi connectivity index (χ0v) is 19.2. The highest BCUT2D eigenvalue weighted by Crippen LogP contribution is 2.29. The van der Waals surface area contributed by atoms with Gasteiger partial charge in [0.1, 0.15) is 36.9 Å². The van der Waals surface area contributed by atoms with Gasteiger partial charge in [-0.25, -0.2) is 15.0 Å². The van der Waals surface area contributed by atoms with Crippen LogP contribution in [0.15, 0.2) is 30.7 Å². The number of fused-ring (bicyclic) bond motifs is 1. The van der Waals surface area contributed by atoms with Crippen LogP contribution < -0.4 is 15.8 Å². The Bertz CT molecular complexity index is 1170. The van der Waals surface area contributed by atoms with Crippen LogP contribution in [-0.2, 0) is 19.0 Å². The Morgan fingerprint density at radius 1 is 1.23 bits per heavy atom. The molecule has 3 N–H and O–H groups in total. The first-order valence-electron chi connectivity index (χ1n) is 11.3. The van der Waals surface area contributed by atoms with E-state index in [4.69, 9.17) is 34.9 Å². The molecule has 1 saturated heterocycles. The largest absolute Gasteiger partial charge is 0.487 e. The second-order valence-corrected chi connectivity index (χ2v) is 7.73. The van der Waals surface area contributed by atoms with Crippen molar-refractivity contribution in [2.24, 2.45) is 5.73 Å². The molecule has 184 valence electrons. The summed E-state index contributed by atoms with van der Waals surface area (Å²) in [6.07, 6.45) is 4.87. The number of hydrogen-bond acceptors (Lipinski definition) is 11. The molecular weight excluding hydrogens is 454 g/mol. The molecule has 12 nitrogen and oxygen atoms in total. The number of ether oxygens (including phenoxy) is 4. The standard InChI is InChI=1S/C23H27N7O5/c24-12-16-1-2-20(26-14-16)30-15-27-18-11-19(34-9-7-33-8-10-35-21(31)13-25)22(29-23(18)30)28-17-3-5-32-6-4-17/h1-2,11,14-15,17H,3-10,13,25H2,(H,28,29). The number of pyridine rings is 2. The fourth-order valence-corrected chi connectivity index (χ4v) is 3.52. The second-order valence-electron chi connectivity index (χ2n) is 7.73. The van der Waals surface area contributed by atoms with Gasteiger partial charge in [0.25, 0.3) is 0 Å². The summed E-state index contributed by atoms with van der Waals surface area (Å²) in [5.41, 5.74) is 6.92. The average molecular weight is 482 g/mol. The van der Waals surface area contributed by atoms with Crippen LogP contribution in [-0.4, -0.2) is 77.7 Å². The van der Waals surface area contributed by atoms with Crippen molar-refractivity contribution in [2.45, 2.75) is 18.9 Å². The van der Waals surface area contributed by atoms with E-state index in [1.54, 1.807) is 23.0 Å². The van der Waals surface area contributed by atoms with Crippen LogP contribution in [0.25, 0.3) is 17.0 Å². The van der Waals surface area contributed by atoms with Crippen molar-refractivity contribution in [1.82, 2.24) is 19.5 Å².